The maximum atomic E-state index is 10.9. The van der Waals surface area contributed by atoms with Crippen LogP contribution in [0.2, 0.25) is 0 Å². The normalized spacial score (nSPS) is 14.6. The van der Waals surface area contributed by atoms with Gasteiger partial charge in [-0.05, 0) is 12.8 Å². The molecule has 0 saturated heterocycles. The highest BCUT2D eigenvalue weighted by atomic mass is 16.6. The van der Waals surface area contributed by atoms with Crippen LogP contribution in [0.1, 0.15) is 24.8 Å². The second-order valence-electron chi connectivity index (χ2n) is 4.73. The molecule has 2 rings (SSSR count). The second-order valence-corrected chi connectivity index (χ2v) is 4.73. The highest BCUT2D eigenvalue weighted by Gasteiger charge is 2.30. The molecule has 1 aliphatic carbocycles. The van der Waals surface area contributed by atoms with Crippen LogP contribution in [0, 0.1) is 10.1 Å². The number of carbonyl (C=O) groups is 1. The molecule has 0 aliphatic heterocycles. The third-order valence-electron chi connectivity index (χ3n) is 3.24. The summed E-state index contributed by atoms with van der Waals surface area (Å²) in [5, 5.41) is 19.7. The third-order valence-corrected chi connectivity index (χ3v) is 3.24. The fourth-order valence-electron chi connectivity index (χ4n) is 2.11. The molecule has 1 N–H and O–H groups in total. The Bertz CT molecular complexity index is 485. The fourth-order valence-corrected chi connectivity index (χ4v) is 2.11. The molecule has 102 valence electrons. The Morgan fingerprint density at radius 3 is 2.68 bits per heavy atom. The van der Waals surface area contributed by atoms with Gasteiger partial charge in [0, 0.05) is 30.8 Å². The van der Waals surface area contributed by atoms with Crippen LogP contribution in [-0.2, 0) is 11.3 Å². The van der Waals surface area contributed by atoms with E-state index in [4.69, 9.17) is 5.11 Å². The number of carboxylic acids is 1. The first-order valence-electron chi connectivity index (χ1n) is 6.26. The van der Waals surface area contributed by atoms with Gasteiger partial charge in [-0.25, -0.2) is 0 Å². The summed E-state index contributed by atoms with van der Waals surface area (Å²) in [4.78, 5) is 23.2. The number of hydrogen-bond acceptors (Lipinski definition) is 4. The van der Waals surface area contributed by atoms with Crippen molar-refractivity contribution in [2.45, 2.75) is 31.8 Å². The smallest absolute Gasteiger partial charge is 0.304 e. The first-order chi connectivity index (χ1) is 9.08. The van der Waals surface area contributed by atoms with Crippen molar-refractivity contribution in [2.24, 2.45) is 0 Å². The minimum absolute atomic E-state index is 0.0666. The molecule has 1 fully saturated rings. The van der Waals surface area contributed by atoms with Crippen LogP contribution < -0.4 is 0 Å². The lowest BCUT2D eigenvalue weighted by molar-refractivity contribution is -0.385. The van der Waals surface area contributed by atoms with Crippen molar-refractivity contribution >= 4 is 11.7 Å². The number of nitrogens with zero attached hydrogens (tertiary/aromatic N) is 2. The van der Waals surface area contributed by atoms with Crippen LogP contribution in [0.5, 0.6) is 0 Å². The van der Waals surface area contributed by atoms with E-state index in [9.17, 15) is 14.9 Å². The van der Waals surface area contributed by atoms with Crippen LogP contribution in [0.3, 0.4) is 0 Å². The fraction of sp³-hybridized carbons (Fsp3) is 0.462. The van der Waals surface area contributed by atoms with Gasteiger partial charge >= 0.3 is 5.97 Å². The second kappa shape index (κ2) is 5.79. The van der Waals surface area contributed by atoms with E-state index in [0.29, 0.717) is 24.7 Å². The maximum Gasteiger partial charge on any atom is 0.304 e. The van der Waals surface area contributed by atoms with Crippen LogP contribution in [-0.4, -0.2) is 33.5 Å². The Morgan fingerprint density at radius 2 is 2.11 bits per heavy atom. The number of carboxylic acid groups (broad SMARTS) is 1. The van der Waals surface area contributed by atoms with E-state index in [1.807, 2.05) is 4.90 Å². The molecule has 6 heteroatoms. The lowest BCUT2D eigenvalue weighted by Crippen LogP contribution is -2.28. The molecule has 1 saturated carbocycles. The summed E-state index contributed by atoms with van der Waals surface area (Å²) in [7, 11) is 0. The predicted octanol–water partition coefficient (Wildman–Crippen LogP) is 2.03. The minimum atomic E-state index is -0.840. The zero-order chi connectivity index (χ0) is 13.8. The Hall–Kier alpha value is -1.95. The Balaban J connectivity index is 2.08. The number of benzene rings is 1. The molecule has 0 bridgehead atoms. The molecule has 0 radical (unpaired) electrons. The molecular weight excluding hydrogens is 248 g/mol. The quantitative estimate of drug-likeness (QED) is 0.601. The topological polar surface area (TPSA) is 83.7 Å². The zero-order valence-electron chi connectivity index (χ0n) is 10.5. The standard InChI is InChI=1S/C13H16N2O4/c16-13(17)7-8-14(11-5-6-11)9-10-3-1-2-4-12(10)15(18)19/h1-4,11H,5-9H2,(H,16,17). The van der Waals surface area contributed by atoms with E-state index >= 15 is 0 Å². The van der Waals surface area contributed by atoms with Crippen molar-refractivity contribution < 1.29 is 14.8 Å². The van der Waals surface area contributed by atoms with Gasteiger partial charge in [-0.15, -0.1) is 0 Å². The molecule has 19 heavy (non-hydrogen) atoms. The van der Waals surface area contributed by atoms with E-state index in [-0.39, 0.29) is 12.1 Å². The average Bonchev–Trinajstić information content (AvgIpc) is 3.18. The number of hydrogen-bond donors (Lipinski definition) is 1. The van der Waals surface area contributed by atoms with E-state index in [2.05, 4.69) is 0 Å². The van der Waals surface area contributed by atoms with Crippen LogP contribution in [0.15, 0.2) is 24.3 Å². The molecule has 0 heterocycles. The van der Waals surface area contributed by atoms with Gasteiger partial charge in [0.2, 0.25) is 0 Å². The Morgan fingerprint density at radius 1 is 1.42 bits per heavy atom. The lowest BCUT2D eigenvalue weighted by atomic mass is 10.1. The first kappa shape index (κ1) is 13.5. The minimum Gasteiger partial charge on any atom is -0.481 e. The molecule has 1 aliphatic rings. The molecule has 0 spiro atoms. The number of aliphatic carboxylic acids is 1. The summed E-state index contributed by atoms with van der Waals surface area (Å²) in [6, 6.07) is 7.00. The van der Waals surface area contributed by atoms with E-state index in [1.54, 1.807) is 18.2 Å². The molecule has 0 atom stereocenters. The molecule has 0 unspecified atom stereocenters. The first-order valence-corrected chi connectivity index (χ1v) is 6.26. The van der Waals surface area contributed by atoms with Gasteiger partial charge in [0.15, 0.2) is 0 Å². The largest absolute Gasteiger partial charge is 0.481 e. The van der Waals surface area contributed by atoms with Gasteiger partial charge in [0.05, 0.1) is 11.3 Å². The summed E-state index contributed by atoms with van der Waals surface area (Å²) in [6.07, 6.45) is 2.15. The summed E-state index contributed by atoms with van der Waals surface area (Å²) in [6.45, 7) is 0.876. The van der Waals surface area contributed by atoms with Crippen LogP contribution in [0.4, 0.5) is 5.69 Å². The van der Waals surface area contributed by atoms with Gasteiger partial charge in [0.1, 0.15) is 0 Å². The average molecular weight is 264 g/mol. The maximum absolute atomic E-state index is 10.9. The molecule has 1 aromatic rings. The van der Waals surface area contributed by atoms with Gasteiger partial charge in [-0.2, -0.15) is 0 Å². The Labute approximate surface area is 110 Å². The van der Waals surface area contributed by atoms with Crippen LogP contribution in [0.25, 0.3) is 0 Å². The molecule has 0 amide bonds. The number of nitro groups is 1. The zero-order valence-corrected chi connectivity index (χ0v) is 10.5. The highest BCUT2D eigenvalue weighted by molar-refractivity contribution is 5.66. The molecular formula is C13H16N2O4. The summed E-state index contributed by atoms with van der Waals surface area (Å²) in [5.41, 5.74) is 0.744. The van der Waals surface area contributed by atoms with Crippen LogP contribution >= 0.6 is 0 Å². The summed E-state index contributed by atoms with van der Waals surface area (Å²) < 4.78 is 0. The van der Waals surface area contributed by atoms with E-state index < -0.39 is 10.9 Å². The van der Waals surface area contributed by atoms with Crippen molar-refractivity contribution in [3.05, 3.63) is 39.9 Å². The van der Waals surface area contributed by atoms with Crippen molar-refractivity contribution in [2.75, 3.05) is 6.54 Å². The monoisotopic (exact) mass is 264 g/mol. The van der Waals surface area contributed by atoms with E-state index in [1.165, 1.54) is 6.07 Å². The summed E-state index contributed by atoms with van der Waals surface area (Å²) >= 11 is 0. The van der Waals surface area contributed by atoms with Crippen molar-refractivity contribution in [3.63, 3.8) is 0 Å². The van der Waals surface area contributed by atoms with Gasteiger partial charge in [-0.1, -0.05) is 18.2 Å². The molecule has 6 nitrogen and oxygen atoms in total. The van der Waals surface area contributed by atoms with Crippen molar-refractivity contribution in [1.29, 1.82) is 0 Å². The molecule has 0 aromatic heterocycles. The van der Waals surface area contributed by atoms with Gasteiger partial charge < -0.3 is 5.11 Å². The van der Waals surface area contributed by atoms with Gasteiger partial charge in [0.25, 0.3) is 5.69 Å². The predicted molar refractivity (Wildman–Crippen MR) is 68.8 cm³/mol. The molecule has 1 aromatic carbocycles. The van der Waals surface area contributed by atoms with E-state index in [0.717, 1.165) is 12.8 Å². The number of nitro benzene ring substituents is 1. The van der Waals surface area contributed by atoms with Crippen molar-refractivity contribution in [3.8, 4) is 0 Å². The number of para-hydroxylation sites is 1. The van der Waals surface area contributed by atoms with Gasteiger partial charge in [-0.3, -0.25) is 19.8 Å². The van der Waals surface area contributed by atoms with Crippen molar-refractivity contribution in [1.82, 2.24) is 4.90 Å². The number of rotatable bonds is 7. The lowest BCUT2D eigenvalue weighted by Gasteiger charge is -2.20. The highest BCUT2D eigenvalue weighted by Crippen LogP contribution is 2.30. The SMILES string of the molecule is O=C(O)CCN(Cc1ccccc1[N+](=O)[O-])C1CC1. The third kappa shape index (κ3) is 3.75. The Kier molecular flexibility index (Phi) is 4.11. The summed E-state index contributed by atoms with van der Waals surface area (Å²) in [5.74, 6) is -0.840.